The number of rotatable bonds is 1. The molecular formula is C31H48O3. The summed E-state index contributed by atoms with van der Waals surface area (Å²) in [6.45, 7) is 16.9. The minimum Gasteiger partial charge on any atom is -0.469 e. The van der Waals surface area contributed by atoms with E-state index in [1.54, 1.807) is 12.7 Å². The summed E-state index contributed by atoms with van der Waals surface area (Å²) >= 11 is 0. The average Bonchev–Trinajstić information content (AvgIpc) is 2.76. The molecule has 0 N–H and O–H groups in total. The van der Waals surface area contributed by atoms with Crippen molar-refractivity contribution in [2.45, 2.75) is 113 Å². The van der Waals surface area contributed by atoms with Gasteiger partial charge in [-0.2, -0.15) is 0 Å². The van der Waals surface area contributed by atoms with Gasteiger partial charge in [0.2, 0.25) is 0 Å². The molecule has 3 heteroatoms. The Morgan fingerprint density at radius 1 is 0.912 bits per heavy atom. The molecule has 0 spiro atoms. The van der Waals surface area contributed by atoms with Gasteiger partial charge in [0, 0.05) is 11.8 Å². The maximum absolute atomic E-state index is 13.3. The van der Waals surface area contributed by atoms with Gasteiger partial charge in [-0.25, -0.2) is 0 Å². The van der Waals surface area contributed by atoms with Gasteiger partial charge in [0.05, 0.1) is 12.5 Å². The van der Waals surface area contributed by atoms with Gasteiger partial charge in [0.25, 0.3) is 0 Å². The summed E-state index contributed by atoms with van der Waals surface area (Å²) in [5, 5.41) is 0. The number of allylic oxidation sites excluding steroid dienone is 2. The largest absolute Gasteiger partial charge is 0.469 e. The second kappa shape index (κ2) is 7.22. The number of Topliss-reactive ketones (excluding diaryl/α,β-unsaturated/α-hetero) is 1. The Morgan fingerprint density at radius 3 is 2.26 bits per heavy atom. The van der Waals surface area contributed by atoms with Gasteiger partial charge >= 0.3 is 5.97 Å². The number of hydrogen-bond acceptors (Lipinski definition) is 3. The molecule has 4 saturated carbocycles. The standard InChI is InChI=1S/C31H48O3/c1-26(2)15-17-31(25(33)34-8)18-16-29(6)20(21(31)19-26)9-10-23-28(5)13-12-24(32)27(3,4)22(28)11-14-30(23,29)7/h9,21-23H,10-19H2,1-8H3/t21-,22-,23+,28-,29+,30+,31-/m1/s1. The minimum absolute atomic E-state index is 0.0337. The van der Waals surface area contributed by atoms with Crippen LogP contribution in [-0.2, 0) is 14.3 Å². The molecule has 0 aromatic carbocycles. The number of methoxy groups -OCH3 is 1. The molecule has 0 bridgehead atoms. The fraction of sp³-hybridized carbons (Fsp3) is 0.871. The maximum Gasteiger partial charge on any atom is 0.312 e. The number of esters is 1. The lowest BCUT2D eigenvalue weighted by molar-refractivity contribution is -0.190. The van der Waals surface area contributed by atoms with Crippen LogP contribution in [0.2, 0.25) is 0 Å². The first-order chi connectivity index (χ1) is 15.7. The second-order valence-electron chi connectivity index (χ2n) is 15.0. The molecular weight excluding hydrogens is 420 g/mol. The van der Waals surface area contributed by atoms with Gasteiger partial charge < -0.3 is 4.74 Å². The summed E-state index contributed by atoms with van der Waals surface area (Å²) in [5.41, 5.74) is 1.84. The van der Waals surface area contributed by atoms with Crippen molar-refractivity contribution in [2.24, 2.45) is 50.2 Å². The molecule has 0 radical (unpaired) electrons. The lowest BCUT2D eigenvalue weighted by atomic mass is 9.33. The number of hydrogen-bond donors (Lipinski definition) is 0. The van der Waals surface area contributed by atoms with E-state index in [0.717, 1.165) is 57.8 Å². The van der Waals surface area contributed by atoms with Crippen molar-refractivity contribution in [3.05, 3.63) is 11.6 Å². The maximum atomic E-state index is 13.3. The molecule has 7 atom stereocenters. The molecule has 0 unspecified atom stereocenters. The van der Waals surface area contributed by atoms with Gasteiger partial charge in [0.1, 0.15) is 5.78 Å². The molecule has 0 aliphatic heterocycles. The molecule has 0 aromatic rings. The van der Waals surface area contributed by atoms with Crippen molar-refractivity contribution in [2.75, 3.05) is 7.11 Å². The molecule has 0 amide bonds. The molecule has 34 heavy (non-hydrogen) atoms. The van der Waals surface area contributed by atoms with E-state index < -0.39 is 0 Å². The van der Waals surface area contributed by atoms with E-state index in [0.29, 0.717) is 23.5 Å². The highest BCUT2D eigenvalue weighted by Crippen LogP contribution is 2.75. The van der Waals surface area contributed by atoms with E-state index in [1.165, 1.54) is 6.42 Å². The van der Waals surface area contributed by atoms with Crippen molar-refractivity contribution < 1.29 is 14.3 Å². The summed E-state index contributed by atoms with van der Waals surface area (Å²) in [5.74, 6) is 1.88. The number of carbonyl (C=O) groups excluding carboxylic acids is 2. The van der Waals surface area contributed by atoms with E-state index in [2.05, 4.69) is 54.5 Å². The fourth-order valence-electron chi connectivity index (χ4n) is 10.6. The fourth-order valence-corrected chi connectivity index (χ4v) is 10.6. The third kappa shape index (κ3) is 2.88. The quantitative estimate of drug-likeness (QED) is 0.295. The van der Waals surface area contributed by atoms with Gasteiger partial charge in [0.15, 0.2) is 0 Å². The van der Waals surface area contributed by atoms with Crippen LogP contribution in [0, 0.1) is 50.2 Å². The Balaban J connectivity index is 1.60. The van der Waals surface area contributed by atoms with E-state index >= 15 is 0 Å². The predicted molar refractivity (Wildman–Crippen MR) is 136 cm³/mol. The lowest BCUT2D eigenvalue weighted by Crippen LogP contribution is -2.64. The molecule has 3 nitrogen and oxygen atoms in total. The summed E-state index contributed by atoms with van der Waals surface area (Å²) in [6, 6.07) is 0. The Kier molecular flexibility index (Phi) is 5.22. The zero-order chi connectivity index (χ0) is 24.9. The molecule has 0 heterocycles. The zero-order valence-electron chi connectivity index (χ0n) is 23.1. The zero-order valence-corrected chi connectivity index (χ0v) is 23.1. The lowest BCUT2D eigenvalue weighted by Gasteiger charge is -2.70. The van der Waals surface area contributed by atoms with Crippen LogP contribution < -0.4 is 0 Å². The first kappa shape index (κ1) is 24.6. The van der Waals surface area contributed by atoms with Gasteiger partial charge in [-0.15, -0.1) is 0 Å². The highest BCUT2D eigenvalue weighted by atomic mass is 16.5. The van der Waals surface area contributed by atoms with Crippen LogP contribution in [0.15, 0.2) is 11.6 Å². The molecule has 4 fully saturated rings. The van der Waals surface area contributed by atoms with E-state index in [9.17, 15) is 9.59 Å². The summed E-state index contributed by atoms with van der Waals surface area (Å²) in [4.78, 5) is 26.3. The number of ether oxygens (including phenoxy) is 1. The molecule has 5 aliphatic rings. The molecule has 5 aliphatic carbocycles. The van der Waals surface area contributed by atoms with Crippen LogP contribution in [0.25, 0.3) is 0 Å². The molecule has 0 saturated heterocycles. The summed E-state index contributed by atoms with van der Waals surface area (Å²) in [6.07, 6.45) is 13.0. The van der Waals surface area contributed by atoms with E-state index in [1.807, 2.05) is 0 Å². The third-order valence-corrected chi connectivity index (χ3v) is 13.0. The highest BCUT2D eigenvalue weighted by Gasteiger charge is 2.69. The first-order valence-electron chi connectivity index (χ1n) is 14.0. The third-order valence-electron chi connectivity index (χ3n) is 13.0. The topological polar surface area (TPSA) is 43.4 Å². The summed E-state index contributed by atoms with van der Waals surface area (Å²) in [7, 11) is 1.59. The number of carbonyl (C=O) groups is 2. The van der Waals surface area contributed by atoms with Gasteiger partial charge in [-0.1, -0.05) is 60.1 Å². The van der Waals surface area contributed by atoms with Gasteiger partial charge in [-0.05, 0) is 97.2 Å². The van der Waals surface area contributed by atoms with E-state index in [4.69, 9.17) is 4.74 Å². The van der Waals surface area contributed by atoms with Gasteiger partial charge in [-0.3, -0.25) is 9.59 Å². The normalized spacial score (nSPS) is 49.0. The average molecular weight is 469 g/mol. The van der Waals surface area contributed by atoms with Crippen LogP contribution in [0.1, 0.15) is 113 Å². The number of ketones is 1. The highest BCUT2D eigenvalue weighted by molar-refractivity contribution is 5.85. The van der Waals surface area contributed by atoms with Crippen LogP contribution >= 0.6 is 0 Å². The van der Waals surface area contributed by atoms with Crippen molar-refractivity contribution >= 4 is 11.8 Å². The predicted octanol–water partition coefficient (Wildman–Crippen LogP) is 7.53. The van der Waals surface area contributed by atoms with Crippen molar-refractivity contribution in [3.63, 3.8) is 0 Å². The Labute approximate surface area is 207 Å². The Morgan fingerprint density at radius 2 is 1.59 bits per heavy atom. The van der Waals surface area contributed by atoms with Crippen molar-refractivity contribution in [1.82, 2.24) is 0 Å². The number of fused-ring (bicyclic) bond motifs is 7. The first-order valence-corrected chi connectivity index (χ1v) is 14.0. The van der Waals surface area contributed by atoms with Crippen LogP contribution in [0.5, 0.6) is 0 Å². The van der Waals surface area contributed by atoms with Crippen molar-refractivity contribution in [3.8, 4) is 0 Å². The van der Waals surface area contributed by atoms with E-state index in [-0.39, 0.29) is 38.5 Å². The summed E-state index contributed by atoms with van der Waals surface area (Å²) < 4.78 is 5.48. The molecule has 0 aromatic heterocycles. The Bertz CT molecular complexity index is 942. The van der Waals surface area contributed by atoms with Crippen molar-refractivity contribution in [1.29, 1.82) is 0 Å². The van der Waals surface area contributed by atoms with Crippen LogP contribution in [-0.4, -0.2) is 18.9 Å². The van der Waals surface area contributed by atoms with Crippen LogP contribution in [0.3, 0.4) is 0 Å². The molecule has 190 valence electrons. The SMILES string of the molecule is COC(=O)[C@@]12CCC(C)(C)C[C@@H]1C1=CC[C@H]3[C@]4(C)CCC(=O)C(C)(C)[C@H]4CC[C@]3(C)[C@@]1(C)CC2. The molecule has 5 rings (SSSR count). The van der Waals surface area contributed by atoms with Crippen LogP contribution in [0.4, 0.5) is 0 Å². The second-order valence-corrected chi connectivity index (χ2v) is 15.0. The monoisotopic (exact) mass is 468 g/mol. The Hall–Kier alpha value is -1.12. The smallest absolute Gasteiger partial charge is 0.312 e. The minimum atomic E-state index is -0.334.